The Morgan fingerprint density at radius 3 is 2.46 bits per heavy atom. The van der Waals surface area contributed by atoms with Crippen LogP contribution in [0.25, 0.3) is 0 Å². The zero-order valence-electron chi connectivity index (χ0n) is 16.2. The number of ether oxygens (including phenoxy) is 1. The predicted molar refractivity (Wildman–Crippen MR) is 100 cm³/mol. The van der Waals surface area contributed by atoms with Crippen molar-refractivity contribution >= 4 is 12.0 Å². The zero-order chi connectivity index (χ0) is 19.2. The van der Waals surface area contributed by atoms with Gasteiger partial charge in [-0.25, -0.2) is 4.79 Å². The van der Waals surface area contributed by atoms with Crippen LogP contribution in [0.4, 0.5) is 4.79 Å². The van der Waals surface area contributed by atoms with Crippen LogP contribution in [0.2, 0.25) is 0 Å². The molecular formula is C19H30N4O3. The van der Waals surface area contributed by atoms with Crippen LogP contribution >= 0.6 is 0 Å². The lowest BCUT2D eigenvalue weighted by molar-refractivity contribution is 0.0144. The number of hydrogen-bond donors (Lipinski definition) is 1. The average Bonchev–Trinajstić information content (AvgIpc) is 2.58. The normalized spacial score (nSPS) is 15.6. The highest BCUT2D eigenvalue weighted by atomic mass is 16.6. The third-order valence-corrected chi connectivity index (χ3v) is 4.13. The van der Waals surface area contributed by atoms with E-state index >= 15 is 0 Å². The highest BCUT2D eigenvalue weighted by Crippen LogP contribution is 2.12. The first-order chi connectivity index (χ1) is 12.2. The molecule has 7 nitrogen and oxygen atoms in total. The molecule has 0 aromatic carbocycles. The van der Waals surface area contributed by atoms with Crippen LogP contribution in [0.3, 0.4) is 0 Å². The molecule has 0 bridgehead atoms. The van der Waals surface area contributed by atoms with Gasteiger partial charge in [0.25, 0.3) is 5.91 Å². The molecule has 1 saturated heterocycles. The van der Waals surface area contributed by atoms with Crippen LogP contribution in [0.15, 0.2) is 18.3 Å². The van der Waals surface area contributed by atoms with Crippen molar-refractivity contribution in [1.82, 2.24) is 20.1 Å². The summed E-state index contributed by atoms with van der Waals surface area (Å²) in [6.45, 7) is 12.1. The summed E-state index contributed by atoms with van der Waals surface area (Å²) in [5.41, 5.74) is 1.02. The van der Waals surface area contributed by atoms with Crippen molar-refractivity contribution in [2.24, 2.45) is 0 Å². The Bertz CT molecular complexity index is 602. The first kappa shape index (κ1) is 20.2. The first-order valence-electron chi connectivity index (χ1n) is 9.16. The Hall–Kier alpha value is -2.15. The summed E-state index contributed by atoms with van der Waals surface area (Å²) >= 11 is 0. The highest BCUT2D eigenvalue weighted by molar-refractivity contribution is 5.93. The Kier molecular flexibility index (Phi) is 6.97. The summed E-state index contributed by atoms with van der Waals surface area (Å²) in [4.78, 5) is 32.3. The van der Waals surface area contributed by atoms with Gasteiger partial charge in [-0.2, -0.15) is 0 Å². The first-order valence-corrected chi connectivity index (χ1v) is 9.16. The van der Waals surface area contributed by atoms with E-state index in [9.17, 15) is 9.59 Å². The van der Waals surface area contributed by atoms with Crippen LogP contribution in [0.5, 0.6) is 0 Å². The number of carbonyl (C=O) groups is 2. The van der Waals surface area contributed by atoms with Gasteiger partial charge in [0.2, 0.25) is 0 Å². The van der Waals surface area contributed by atoms with Gasteiger partial charge in [0.15, 0.2) is 0 Å². The molecular weight excluding hydrogens is 332 g/mol. The number of pyridine rings is 1. The molecule has 1 aliphatic rings. The third-order valence-electron chi connectivity index (χ3n) is 4.13. The Balaban J connectivity index is 1.62. The van der Waals surface area contributed by atoms with Gasteiger partial charge in [0.05, 0.1) is 5.56 Å². The number of hydrogen-bond acceptors (Lipinski definition) is 5. The van der Waals surface area contributed by atoms with E-state index < -0.39 is 5.60 Å². The number of rotatable bonds is 5. The van der Waals surface area contributed by atoms with Crippen molar-refractivity contribution in [2.45, 2.75) is 39.7 Å². The number of nitrogens with zero attached hydrogens (tertiary/aromatic N) is 3. The van der Waals surface area contributed by atoms with Crippen LogP contribution in [0, 0.1) is 6.92 Å². The molecule has 1 aromatic heterocycles. The molecule has 0 saturated carbocycles. The summed E-state index contributed by atoms with van der Waals surface area (Å²) in [5, 5.41) is 2.92. The number of piperazine rings is 1. The van der Waals surface area contributed by atoms with Crippen molar-refractivity contribution < 1.29 is 14.3 Å². The lowest BCUT2D eigenvalue weighted by Gasteiger charge is -2.35. The molecule has 26 heavy (non-hydrogen) atoms. The summed E-state index contributed by atoms with van der Waals surface area (Å²) in [6.07, 6.45) is 2.23. The topological polar surface area (TPSA) is 74.8 Å². The molecule has 0 radical (unpaired) electrons. The highest BCUT2D eigenvalue weighted by Gasteiger charge is 2.25. The number of carbonyl (C=O) groups excluding carboxylic acids is 2. The fourth-order valence-electron chi connectivity index (χ4n) is 2.69. The number of amides is 2. The van der Waals surface area contributed by atoms with E-state index in [1.165, 1.54) is 0 Å². The largest absolute Gasteiger partial charge is 0.444 e. The molecule has 7 heteroatoms. The molecule has 0 spiro atoms. The maximum Gasteiger partial charge on any atom is 0.410 e. The van der Waals surface area contributed by atoms with Gasteiger partial charge in [0, 0.05) is 44.6 Å². The van der Waals surface area contributed by atoms with Crippen LogP contribution in [-0.2, 0) is 4.74 Å². The maximum absolute atomic E-state index is 12.0. The second kappa shape index (κ2) is 8.98. The molecule has 144 valence electrons. The molecule has 2 rings (SSSR count). The minimum Gasteiger partial charge on any atom is -0.444 e. The van der Waals surface area contributed by atoms with E-state index in [0.29, 0.717) is 25.2 Å². The Morgan fingerprint density at radius 1 is 1.19 bits per heavy atom. The van der Waals surface area contributed by atoms with E-state index in [2.05, 4.69) is 15.2 Å². The molecule has 1 aliphatic heterocycles. The SMILES string of the molecule is Cc1ccc(C(=O)NCCCN2CCN(C(=O)OC(C)(C)C)CC2)cn1. The summed E-state index contributed by atoms with van der Waals surface area (Å²) in [5.74, 6) is -0.0905. The summed E-state index contributed by atoms with van der Waals surface area (Å²) < 4.78 is 5.40. The summed E-state index contributed by atoms with van der Waals surface area (Å²) in [7, 11) is 0. The van der Waals surface area contributed by atoms with Gasteiger partial charge >= 0.3 is 6.09 Å². The quantitative estimate of drug-likeness (QED) is 0.812. The fraction of sp³-hybridized carbons (Fsp3) is 0.632. The lowest BCUT2D eigenvalue weighted by atomic mass is 10.2. The Morgan fingerprint density at radius 2 is 1.88 bits per heavy atom. The van der Waals surface area contributed by atoms with Gasteiger partial charge in [-0.1, -0.05) is 0 Å². The van der Waals surface area contributed by atoms with E-state index in [1.54, 1.807) is 17.2 Å². The molecule has 1 N–H and O–H groups in total. The predicted octanol–water partition coefficient (Wildman–Crippen LogP) is 2.06. The van der Waals surface area contributed by atoms with Crippen LogP contribution in [-0.4, -0.2) is 71.7 Å². The van der Waals surface area contributed by atoms with Gasteiger partial charge in [-0.15, -0.1) is 0 Å². The van der Waals surface area contributed by atoms with Crippen LogP contribution in [0.1, 0.15) is 43.2 Å². The van der Waals surface area contributed by atoms with E-state index in [1.807, 2.05) is 33.8 Å². The number of aryl methyl sites for hydroxylation is 1. The van der Waals surface area contributed by atoms with E-state index in [-0.39, 0.29) is 12.0 Å². The zero-order valence-corrected chi connectivity index (χ0v) is 16.2. The monoisotopic (exact) mass is 362 g/mol. The second-order valence-corrected chi connectivity index (χ2v) is 7.61. The number of nitrogens with one attached hydrogen (secondary N) is 1. The molecule has 1 fully saturated rings. The standard InChI is InChI=1S/C19H30N4O3/c1-15-6-7-16(14-21-15)17(24)20-8-5-9-22-10-12-23(13-11-22)18(25)26-19(2,3)4/h6-7,14H,5,8-13H2,1-4H3,(H,20,24). The third kappa shape index (κ3) is 6.63. The van der Waals surface area contributed by atoms with Gasteiger partial charge in [-0.05, 0) is 52.8 Å². The lowest BCUT2D eigenvalue weighted by Crippen LogP contribution is -2.50. The van der Waals surface area contributed by atoms with Crippen LogP contribution < -0.4 is 5.32 Å². The molecule has 2 heterocycles. The number of aromatic nitrogens is 1. The van der Waals surface area contributed by atoms with E-state index in [0.717, 1.165) is 31.7 Å². The second-order valence-electron chi connectivity index (χ2n) is 7.61. The summed E-state index contributed by atoms with van der Waals surface area (Å²) in [6, 6.07) is 3.62. The minimum atomic E-state index is -0.459. The van der Waals surface area contributed by atoms with Crippen molar-refractivity contribution in [1.29, 1.82) is 0 Å². The van der Waals surface area contributed by atoms with Gasteiger partial charge < -0.3 is 15.0 Å². The minimum absolute atomic E-state index is 0.0905. The van der Waals surface area contributed by atoms with Crippen molar-refractivity contribution in [3.05, 3.63) is 29.6 Å². The van der Waals surface area contributed by atoms with Crippen molar-refractivity contribution in [3.63, 3.8) is 0 Å². The maximum atomic E-state index is 12.0. The van der Waals surface area contributed by atoms with Gasteiger partial charge in [-0.3, -0.25) is 14.7 Å². The molecule has 1 aromatic rings. The fourth-order valence-corrected chi connectivity index (χ4v) is 2.69. The molecule has 0 unspecified atom stereocenters. The van der Waals surface area contributed by atoms with E-state index in [4.69, 9.17) is 4.74 Å². The van der Waals surface area contributed by atoms with Gasteiger partial charge in [0.1, 0.15) is 5.60 Å². The smallest absolute Gasteiger partial charge is 0.410 e. The van der Waals surface area contributed by atoms with Crippen molar-refractivity contribution in [2.75, 3.05) is 39.3 Å². The molecule has 0 atom stereocenters. The molecule has 0 aliphatic carbocycles. The average molecular weight is 362 g/mol. The van der Waals surface area contributed by atoms with Crippen molar-refractivity contribution in [3.8, 4) is 0 Å². The Labute approximate surface area is 155 Å². The molecule has 2 amide bonds.